The Morgan fingerprint density at radius 1 is 1.29 bits per heavy atom. The van der Waals surface area contributed by atoms with Crippen LogP contribution in [0.4, 0.5) is 0 Å². The van der Waals surface area contributed by atoms with Crippen LogP contribution in [0.5, 0.6) is 0 Å². The zero-order valence-electron chi connectivity index (χ0n) is 21.9. The highest BCUT2D eigenvalue weighted by atomic mass is 16.8. The van der Waals surface area contributed by atoms with Gasteiger partial charge in [0.05, 0.1) is 17.6 Å². The van der Waals surface area contributed by atoms with E-state index >= 15 is 0 Å². The Hall–Kier alpha value is -1.47. The average Bonchev–Trinajstić information content (AvgIpc) is 3.12. The van der Waals surface area contributed by atoms with E-state index in [0.717, 1.165) is 49.7 Å². The summed E-state index contributed by atoms with van der Waals surface area (Å²) in [7, 11) is 3.38. The molecule has 1 saturated carbocycles. The lowest BCUT2D eigenvalue weighted by Crippen LogP contribution is -2.63. The van der Waals surface area contributed by atoms with Crippen LogP contribution in [0.2, 0.25) is 0 Å². The molecular weight excluding hydrogens is 432 g/mol. The second-order valence-electron chi connectivity index (χ2n) is 10.5. The van der Waals surface area contributed by atoms with Crippen LogP contribution in [-0.2, 0) is 28.5 Å². The molecule has 0 unspecified atom stereocenters. The third-order valence-electron chi connectivity index (χ3n) is 8.70. The molecule has 1 spiro atoms. The maximum Gasteiger partial charge on any atom is 0.304 e. The Labute approximate surface area is 205 Å². The number of hydrogen-bond acceptors (Lipinski definition) is 6. The lowest BCUT2D eigenvalue weighted by Gasteiger charge is -2.61. The number of hydrogen-bond donors (Lipinski definition) is 0. The molecule has 3 rings (SSSR count). The summed E-state index contributed by atoms with van der Waals surface area (Å²) >= 11 is 0. The summed E-state index contributed by atoms with van der Waals surface area (Å²) in [5, 5.41) is 0. The third-order valence-corrected chi connectivity index (χ3v) is 8.70. The number of ether oxygens (including phenoxy) is 5. The van der Waals surface area contributed by atoms with E-state index in [1.165, 1.54) is 6.92 Å². The number of carbonyl (C=O) groups excluding carboxylic acids is 1. The molecule has 34 heavy (non-hydrogen) atoms. The van der Waals surface area contributed by atoms with Gasteiger partial charge in [0.2, 0.25) is 6.29 Å². The summed E-state index contributed by atoms with van der Waals surface area (Å²) in [4.78, 5) is 12.2. The molecule has 0 radical (unpaired) electrons. The molecule has 192 valence electrons. The van der Waals surface area contributed by atoms with Crippen molar-refractivity contribution in [3.63, 3.8) is 0 Å². The van der Waals surface area contributed by atoms with Gasteiger partial charge in [-0.15, -0.1) is 0 Å². The molecule has 1 saturated heterocycles. The van der Waals surface area contributed by atoms with E-state index in [-0.39, 0.29) is 29.5 Å². The zero-order valence-corrected chi connectivity index (χ0v) is 21.9. The lowest BCUT2D eigenvalue weighted by molar-refractivity contribution is -0.258. The lowest BCUT2D eigenvalue weighted by atomic mass is 9.45. The van der Waals surface area contributed by atoms with Crippen molar-refractivity contribution in [2.75, 3.05) is 20.8 Å². The van der Waals surface area contributed by atoms with E-state index in [4.69, 9.17) is 23.7 Å². The predicted octanol–water partition coefficient (Wildman–Crippen LogP) is 5.58. The fraction of sp³-hybridized carbons (Fsp3) is 0.750. The van der Waals surface area contributed by atoms with Gasteiger partial charge in [0.15, 0.2) is 6.29 Å². The number of methoxy groups -OCH3 is 2. The average molecular weight is 477 g/mol. The van der Waals surface area contributed by atoms with Gasteiger partial charge in [-0.05, 0) is 54.9 Å². The third kappa shape index (κ3) is 4.67. The van der Waals surface area contributed by atoms with Crippen molar-refractivity contribution in [2.24, 2.45) is 22.7 Å². The Morgan fingerprint density at radius 2 is 2.03 bits per heavy atom. The summed E-state index contributed by atoms with van der Waals surface area (Å²) in [6, 6.07) is 0. The monoisotopic (exact) mass is 476 g/mol. The van der Waals surface area contributed by atoms with Gasteiger partial charge in [-0.2, -0.15) is 0 Å². The van der Waals surface area contributed by atoms with Crippen molar-refractivity contribution >= 4 is 5.97 Å². The van der Waals surface area contributed by atoms with Crippen molar-refractivity contribution < 1.29 is 28.5 Å². The van der Waals surface area contributed by atoms with Crippen LogP contribution in [0.25, 0.3) is 0 Å². The highest BCUT2D eigenvalue weighted by Crippen LogP contribution is 2.67. The van der Waals surface area contributed by atoms with Gasteiger partial charge in [0.25, 0.3) is 0 Å². The first kappa shape index (κ1) is 27.1. The van der Waals surface area contributed by atoms with E-state index in [2.05, 4.69) is 40.0 Å². The Kier molecular flexibility index (Phi) is 8.83. The highest BCUT2D eigenvalue weighted by Gasteiger charge is 2.71. The summed E-state index contributed by atoms with van der Waals surface area (Å²) < 4.78 is 30.5. The second kappa shape index (κ2) is 11.1. The Balaban J connectivity index is 2.15. The molecule has 8 atom stereocenters. The smallest absolute Gasteiger partial charge is 0.304 e. The van der Waals surface area contributed by atoms with Gasteiger partial charge < -0.3 is 23.7 Å². The molecule has 1 aliphatic heterocycles. The van der Waals surface area contributed by atoms with Crippen molar-refractivity contribution in [3.8, 4) is 0 Å². The molecule has 0 N–H and O–H groups in total. The number of esters is 1. The molecule has 0 aromatic carbocycles. The van der Waals surface area contributed by atoms with Crippen LogP contribution in [0.3, 0.4) is 0 Å². The maximum absolute atomic E-state index is 12.2. The molecule has 2 aliphatic carbocycles. The molecule has 6 heteroatoms. The van der Waals surface area contributed by atoms with Crippen molar-refractivity contribution in [3.05, 3.63) is 36.5 Å². The molecule has 0 bridgehead atoms. The van der Waals surface area contributed by atoms with E-state index < -0.39 is 18.0 Å². The number of carbonyl (C=O) groups is 1. The minimum absolute atomic E-state index is 0.0539. The van der Waals surface area contributed by atoms with Crippen LogP contribution in [-0.4, -0.2) is 51.6 Å². The molecular formula is C28H44O6. The van der Waals surface area contributed by atoms with Crippen LogP contribution in [0.15, 0.2) is 36.5 Å². The van der Waals surface area contributed by atoms with Crippen LogP contribution in [0, 0.1) is 22.7 Å². The molecule has 2 fully saturated rings. The predicted molar refractivity (Wildman–Crippen MR) is 132 cm³/mol. The van der Waals surface area contributed by atoms with Crippen LogP contribution < -0.4 is 0 Å². The van der Waals surface area contributed by atoms with E-state index in [1.807, 2.05) is 6.08 Å². The quantitative estimate of drug-likeness (QED) is 0.168. The van der Waals surface area contributed by atoms with Crippen molar-refractivity contribution in [1.29, 1.82) is 0 Å². The second-order valence-corrected chi connectivity index (χ2v) is 10.5. The maximum atomic E-state index is 12.2. The summed E-state index contributed by atoms with van der Waals surface area (Å²) in [6.45, 7) is 17.0. The van der Waals surface area contributed by atoms with Gasteiger partial charge in [-0.25, -0.2) is 0 Å². The number of rotatable bonds is 11. The SMILES string of the molecule is C=CC(=C)CC[C@]1(C)[C@H](C)C[C@H](OC)[C@@]23C(=C[C@H](OCCCC)C[C@@H]12)[C@@H](OC)O[C@H]3OC(C)=O. The molecule has 6 nitrogen and oxygen atoms in total. The summed E-state index contributed by atoms with van der Waals surface area (Å²) in [5.41, 5.74) is 1.30. The summed E-state index contributed by atoms with van der Waals surface area (Å²) in [6.07, 6.45) is 7.95. The first-order chi connectivity index (χ1) is 16.2. The molecule has 3 aliphatic rings. The highest BCUT2D eigenvalue weighted by molar-refractivity contribution is 5.66. The van der Waals surface area contributed by atoms with Gasteiger partial charge in [-0.3, -0.25) is 4.79 Å². The standard InChI is InChI=1S/C28H44O6/c1-9-11-14-32-21-16-22-25(31-8)34-26(33-20(5)29)28(22)23(17-21)27(6,13-12-18(3)10-2)19(4)15-24(28)30-7/h10,16,19,21,23-26H,2-3,9,11-15,17H2,1,4-8H3/t19-,21+,23+,24+,25+,26-,27-,28-/m1/s1. The molecule has 0 aromatic rings. The summed E-state index contributed by atoms with van der Waals surface area (Å²) in [5.74, 6) is 0.106. The number of unbranched alkanes of at least 4 members (excludes halogenated alkanes) is 1. The minimum Gasteiger partial charge on any atom is -0.435 e. The normalized spacial score (nSPS) is 39.1. The largest absolute Gasteiger partial charge is 0.435 e. The first-order valence-electron chi connectivity index (χ1n) is 12.7. The minimum atomic E-state index is -0.776. The van der Waals surface area contributed by atoms with Gasteiger partial charge in [-0.1, -0.05) is 58.1 Å². The van der Waals surface area contributed by atoms with Crippen LogP contribution >= 0.6 is 0 Å². The topological polar surface area (TPSA) is 63.2 Å². The van der Waals surface area contributed by atoms with E-state index in [1.54, 1.807) is 14.2 Å². The first-order valence-corrected chi connectivity index (χ1v) is 12.7. The van der Waals surface area contributed by atoms with Gasteiger partial charge >= 0.3 is 5.97 Å². The zero-order chi connectivity index (χ0) is 25.1. The fourth-order valence-corrected chi connectivity index (χ4v) is 6.63. The fourth-order valence-electron chi connectivity index (χ4n) is 6.63. The van der Waals surface area contributed by atoms with Crippen molar-refractivity contribution in [1.82, 2.24) is 0 Å². The van der Waals surface area contributed by atoms with E-state index in [0.29, 0.717) is 12.5 Å². The van der Waals surface area contributed by atoms with Gasteiger partial charge in [0, 0.05) is 27.8 Å². The molecule has 0 amide bonds. The van der Waals surface area contributed by atoms with E-state index in [9.17, 15) is 4.79 Å². The molecule has 0 aromatic heterocycles. The van der Waals surface area contributed by atoms with Gasteiger partial charge in [0.1, 0.15) is 0 Å². The van der Waals surface area contributed by atoms with Crippen molar-refractivity contribution in [2.45, 2.75) is 91.0 Å². The number of allylic oxidation sites excluding steroid dienone is 2. The Morgan fingerprint density at radius 3 is 2.62 bits per heavy atom. The Bertz CT molecular complexity index is 790. The van der Waals surface area contributed by atoms with Crippen LogP contribution in [0.1, 0.15) is 66.2 Å². The molecule has 1 heterocycles.